The van der Waals surface area contributed by atoms with Crippen molar-refractivity contribution in [1.82, 2.24) is 4.90 Å². The average molecular weight is 170 g/mol. The molecular formula is C9H18N2O. The number of hydrogen-bond acceptors (Lipinski definition) is 2. The molecule has 0 radical (unpaired) electrons. The summed E-state index contributed by atoms with van der Waals surface area (Å²) < 4.78 is 0. The molecule has 0 unspecified atom stereocenters. The van der Waals surface area contributed by atoms with E-state index in [2.05, 4.69) is 13.8 Å². The summed E-state index contributed by atoms with van der Waals surface area (Å²) in [5.41, 5.74) is 5.54. The number of likely N-dealkylation sites (tertiary alicyclic amines) is 1. The fourth-order valence-corrected chi connectivity index (χ4v) is 1.92. The minimum absolute atomic E-state index is 0.0474. The van der Waals surface area contributed by atoms with Crippen molar-refractivity contribution in [2.75, 3.05) is 13.6 Å². The van der Waals surface area contributed by atoms with Gasteiger partial charge in [-0.3, -0.25) is 4.79 Å². The molecule has 0 saturated carbocycles. The second kappa shape index (κ2) is 3.44. The second-order valence-electron chi connectivity index (χ2n) is 3.85. The van der Waals surface area contributed by atoms with Gasteiger partial charge in [0.2, 0.25) is 5.91 Å². The van der Waals surface area contributed by atoms with Gasteiger partial charge in [0, 0.05) is 19.6 Å². The fraction of sp³-hybridized carbons (Fsp3) is 0.889. The first-order valence-electron chi connectivity index (χ1n) is 4.54. The van der Waals surface area contributed by atoms with Gasteiger partial charge in [-0.2, -0.15) is 0 Å². The lowest BCUT2D eigenvalue weighted by Gasteiger charge is -2.38. The molecule has 12 heavy (non-hydrogen) atoms. The van der Waals surface area contributed by atoms with Crippen LogP contribution in [-0.4, -0.2) is 30.4 Å². The Bertz CT molecular complexity index is 181. The topological polar surface area (TPSA) is 46.3 Å². The van der Waals surface area contributed by atoms with E-state index in [9.17, 15) is 4.79 Å². The van der Waals surface area contributed by atoms with Crippen molar-refractivity contribution < 1.29 is 4.79 Å². The quantitative estimate of drug-likeness (QED) is 0.621. The van der Waals surface area contributed by atoms with Crippen LogP contribution in [0.3, 0.4) is 0 Å². The minimum Gasteiger partial charge on any atom is -0.343 e. The fourth-order valence-electron chi connectivity index (χ4n) is 1.92. The van der Waals surface area contributed by atoms with Gasteiger partial charge >= 0.3 is 0 Å². The molecular weight excluding hydrogens is 152 g/mol. The zero-order valence-electron chi connectivity index (χ0n) is 8.08. The van der Waals surface area contributed by atoms with Crippen LogP contribution < -0.4 is 5.73 Å². The number of hydrogen-bond donors (Lipinski definition) is 1. The highest BCUT2D eigenvalue weighted by atomic mass is 16.2. The standard InChI is InChI=1S/C9H18N2O/c1-6-4-7(2)11(3)9(12)8(6)5-10/h6-8H,4-5,10H2,1-3H3/t6-,7+,8-/m1/s1. The molecule has 1 rings (SSSR count). The van der Waals surface area contributed by atoms with Crippen LogP contribution in [-0.2, 0) is 4.79 Å². The summed E-state index contributed by atoms with van der Waals surface area (Å²) >= 11 is 0. The molecule has 3 nitrogen and oxygen atoms in total. The third-order valence-electron chi connectivity index (χ3n) is 2.98. The zero-order chi connectivity index (χ0) is 9.30. The Kier molecular flexibility index (Phi) is 2.73. The molecule has 1 fully saturated rings. The molecule has 2 N–H and O–H groups in total. The van der Waals surface area contributed by atoms with E-state index in [-0.39, 0.29) is 11.8 Å². The molecule has 3 heteroatoms. The molecule has 1 saturated heterocycles. The number of nitrogens with two attached hydrogens (primary N) is 1. The maximum Gasteiger partial charge on any atom is 0.227 e. The normalized spacial score (nSPS) is 37.2. The Hall–Kier alpha value is -0.570. The first kappa shape index (κ1) is 9.52. The zero-order valence-corrected chi connectivity index (χ0v) is 8.08. The number of rotatable bonds is 1. The summed E-state index contributed by atoms with van der Waals surface area (Å²) in [6.07, 6.45) is 1.07. The van der Waals surface area contributed by atoms with Gasteiger partial charge in [-0.05, 0) is 19.3 Å². The Labute approximate surface area is 73.9 Å². The average Bonchev–Trinajstić information content (AvgIpc) is 2.01. The summed E-state index contributed by atoms with van der Waals surface area (Å²) in [5, 5.41) is 0. The van der Waals surface area contributed by atoms with Crippen molar-refractivity contribution in [3.05, 3.63) is 0 Å². The van der Waals surface area contributed by atoms with Crippen molar-refractivity contribution in [3.63, 3.8) is 0 Å². The van der Waals surface area contributed by atoms with E-state index in [0.717, 1.165) is 6.42 Å². The van der Waals surface area contributed by atoms with Gasteiger partial charge in [-0.15, -0.1) is 0 Å². The lowest BCUT2D eigenvalue weighted by atomic mass is 9.83. The second-order valence-corrected chi connectivity index (χ2v) is 3.85. The van der Waals surface area contributed by atoms with Crippen LogP contribution in [0, 0.1) is 11.8 Å². The van der Waals surface area contributed by atoms with E-state index in [1.165, 1.54) is 0 Å². The SMILES string of the molecule is C[C@@H]1C[C@H](C)N(C)C(=O)[C@@H]1CN. The van der Waals surface area contributed by atoms with Crippen molar-refractivity contribution >= 4 is 5.91 Å². The van der Waals surface area contributed by atoms with Crippen LogP contribution in [0.2, 0.25) is 0 Å². The van der Waals surface area contributed by atoms with Gasteiger partial charge in [0.25, 0.3) is 0 Å². The molecule has 0 aromatic carbocycles. The van der Waals surface area contributed by atoms with Crippen LogP contribution >= 0.6 is 0 Å². The minimum atomic E-state index is 0.0474. The lowest BCUT2D eigenvalue weighted by Crippen LogP contribution is -2.49. The number of carbonyl (C=O) groups is 1. The molecule has 0 bridgehead atoms. The summed E-state index contributed by atoms with van der Waals surface area (Å²) in [4.78, 5) is 13.4. The van der Waals surface area contributed by atoms with E-state index < -0.39 is 0 Å². The van der Waals surface area contributed by atoms with E-state index in [4.69, 9.17) is 5.73 Å². The van der Waals surface area contributed by atoms with Gasteiger partial charge in [-0.25, -0.2) is 0 Å². The monoisotopic (exact) mass is 170 g/mol. The molecule has 1 amide bonds. The summed E-state index contributed by atoms with van der Waals surface area (Å²) in [6.45, 7) is 4.68. The van der Waals surface area contributed by atoms with Crippen LogP contribution in [0.1, 0.15) is 20.3 Å². The van der Waals surface area contributed by atoms with E-state index >= 15 is 0 Å². The number of nitrogens with zero attached hydrogens (tertiary/aromatic N) is 1. The molecule has 0 aliphatic carbocycles. The predicted molar refractivity (Wildman–Crippen MR) is 48.6 cm³/mol. The molecule has 70 valence electrons. The van der Waals surface area contributed by atoms with Crippen LogP contribution in [0.25, 0.3) is 0 Å². The summed E-state index contributed by atoms with van der Waals surface area (Å²) in [6, 6.07) is 0.371. The Morgan fingerprint density at radius 3 is 2.67 bits per heavy atom. The van der Waals surface area contributed by atoms with Crippen LogP contribution in [0.15, 0.2) is 0 Å². The van der Waals surface area contributed by atoms with Gasteiger partial charge in [0.15, 0.2) is 0 Å². The van der Waals surface area contributed by atoms with E-state index in [0.29, 0.717) is 18.5 Å². The predicted octanol–water partition coefficient (Wildman–Crippen LogP) is 0.448. The summed E-state index contributed by atoms with van der Waals surface area (Å²) in [5.74, 6) is 0.698. The van der Waals surface area contributed by atoms with Crippen molar-refractivity contribution in [1.29, 1.82) is 0 Å². The van der Waals surface area contributed by atoms with Crippen LogP contribution in [0.5, 0.6) is 0 Å². The molecule has 3 atom stereocenters. The highest BCUT2D eigenvalue weighted by Crippen LogP contribution is 2.26. The summed E-state index contributed by atoms with van der Waals surface area (Å²) in [7, 11) is 1.86. The molecule has 0 aromatic heterocycles. The lowest BCUT2D eigenvalue weighted by molar-refractivity contribution is -0.141. The Balaban J connectivity index is 2.72. The largest absolute Gasteiger partial charge is 0.343 e. The maximum atomic E-state index is 11.6. The number of piperidine rings is 1. The highest BCUT2D eigenvalue weighted by molar-refractivity contribution is 5.80. The number of carbonyl (C=O) groups excluding carboxylic acids is 1. The van der Waals surface area contributed by atoms with E-state index in [1.807, 2.05) is 11.9 Å². The smallest absolute Gasteiger partial charge is 0.227 e. The van der Waals surface area contributed by atoms with Gasteiger partial charge in [-0.1, -0.05) is 6.92 Å². The van der Waals surface area contributed by atoms with Gasteiger partial charge in [0.05, 0.1) is 5.92 Å². The first-order chi connectivity index (χ1) is 5.57. The number of amides is 1. The maximum absolute atomic E-state index is 11.6. The van der Waals surface area contributed by atoms with Crippen molar-refractivity contribution in [2.24, 2.45) is 17.6 Å². The van der Waals surface area contributed by atoms with Gasteiger partial charge < -0.3 is 10.6 Å². The third kappa shape index (κ3) is 1.46. The van der Waals surface area contributed by atoms with Crippen molar-refractivity contribution in [3.8, 4) is 0 Å². The molecule has 0 aromatic rings. The molecule has 1 heterocycles. The molecule has 0 spiro atoms. The molecule has 1 aliphatic heterocycles. The van der Waals surface area contributed by atoms with Crippen LogP contribution in [0.4, 0.5) is 0 Å². The van der Waals surface area contributed by atoms with Crippen molar-refractivity contribution in [2.45, 2.75) is 26.3 Å². The van der Waals surface area contributed by atoms with E-state index in [1.54, 1.807) is 0 Å². The Morgan fingerprint density at radius 2 is 2.17 bits per heavy atom. The Morgan fingerprint density at radius 1 is 1.58 bits per heavy atom. The highest BCUT2D eigenvalue weighted by Gasteiger charge is 2.34. The molecule has 1 aliphatic rings. The first-order valence-corrected chi connectivity index (χ1v) is 4.54. The third-order valence-corrected chi connectivity index (χ3v) is 2.98. The van der Waals surface area contributed by atoms with Gasteiger partial charge in [0.1, 0.15) is 0 Å².